The third kappa shape index (κ3) is 4.68. The van der Waals surface area contributed by atoms with Gasteiger partial charge in [0.1, 0.15) is 10.8 Å². The van der Waals surface area contributed by atoms with Gasteiger partial charge in [0.15, 0.2) is 0 Å². The molecule has 2 N–H and O–H groups in total. The van der Waals surface area contributed by atoms with Gasteiger partial charge in [0.05, 0.1) is 6.61 Å². The quantitative estimate of drug-likeness (QED) is 0.607. The third-order valence-corrected chi connectivity index (χ3v) is 2.81. The summed E-state index contributed by atoms with van der Waals surface area (Å²) < 4.78 is 18.5. The Kier molecular flexibility index (Phi) is 6.18. The van der Waals surface area contributed by atoms with Crippen LogP contribution in [0, 0.1) is 5.82 Å². The Morgan fingerprint density at radius 3 is 2.83 bits per heavy atom. The molecular formula is C13H19FN2OS. The standard InChI is InChI=1S/C13H19FN2OS/c1-3-17-7-6-16(2)9-10-8-11(14)4-5-12(10)13(15)18/h4-5,8H,3,6-7,9H2,1-2H3,(H2,15,18). The van der Waals surface area contributed by atoms with Crippen LogP contribution in [0.3, 0.4) is 0 Å². The maximum atomic E-state index is 13.2. The minimum atomic E-state index is -0.275. The summed E-state index contributed by atoms with van der Waals surface area (Å²) >= 11 is 4.96. The van der Waals surface area contributed by atoms with Crippen LogP contribution in [0.5, 0.6) is 0 Å². The predicted octanol–water partition coefficient (Wildman–Crippen LogP) is 1.93. The molecule has 0 unspecified atom stereocenters. The SMILES string of the molecule is CCOCCN(C)Cc1cc(F)ccc1C(N)=S. The first-order chi connectivity index (χ1) is 8.54. The minimum absolute atomic E-state index is 0.275. The summed E-state index contributed by atoms with van der Waals surface area (Å²) in [5, 5.41) is 0. The highest BCUT2D eigenvalue weighted by Gasteiger charge is 2.09. The van der Waals surface area contributed by atoms with Crippen molar-refractivity contribution in [1.82, 2.24) is 4.90 Å². The fourth-order valence-corrected chi connectivity index (χ4v) is 1.87. The molecule has 0 spiro atoms. The summed E-state index contributed by atoms with van der Waals surface area (Å²) in [7, 11) is 1.95. The average molecular weight is 270 g/mol. The van der Waals surface area contributed by atoms with E-state index in [1.54, 1.807) is 6.07 Å². The smallest absolute Gasteiger partial charge is 0.123 e. The zero-order chi connectivity index (χ0) is 13.5. The zero-order valence-corrected chi connectivity index (χ0v) is 11.6. The van der Waals surface area contributed by atoms with Crippen LogP contribution in [0.4, 0.5) is 4.39 Å². The van der Waals surface area contributed by atoms with E-state index in [0.29, 0.717) is 24.7 Å². The van der Waals surface area contributed by atoms with E-state index >= 15 is 0 Å². The molecule has 1 aromatic rings. The molecule has 0 aliphatic rings. The molecule has 1 aromatic carbocycles. The van der Waals surface area contributed by atoms with E-state index < -0.39 is 0 Å². The maximum Gasteiger partial charge on any atom is 0.123 e. The molecule has 0 bridgehead atoms. The van der Waals surface area contributed by atoms with E-state index in [1.807, 2.05) is 18.9 Å². The number of halogens is 1. The van der Waals surface area contributed by atoms with Gasteiger partial charge in [-0.25, -0.2) is 4.39 Å². The van der Waals surface area contributed by atoms with Crippen molar-refractivity contribution < 1.29 is 9.13 Å². The lowest BCUT2D eigenvalue weighted by atomic mass is 10.1. The molecule has 100 valence electrons. The van der Waals surface area contributed by atoms with Gasteiger partial charge in [-0.2, -0.15) is 0 Å². The fraction of sp³-hybridized carbons (Fsp3) is 0.462. The van der Waals surface area contributed by atoms with Gasteiger partial charge in [0.2, 0.25) is 0 Å². The van der Waals surface area contributed by atoms with Gasteiger partial charge in [-0.3, -0.25) is 4.90 Å². The van der Waals surface area contributed by atoms with Crippen LogP contribution in [-0.4, -0.2) is 36.7 Å². The van der Waals surface area contributed by atoms with Gasteiger partial charge in [-0.1, -0.05) is 12.2 Å². The fourth-order valence-electron chi connectivity index (χ4n) is 1.67. The second kappa shape index (κ2) is 7.41. The van der Waals surface area contributed by atoms with Gasteiger partial charge in [-0.05, 0) is 37.7 Å². The van der Waals surface area contributed by atoms with Crippen molar-refractivity contribution >= 4 is 17.2 Å². The van der Waals surface area contributed by atoms with Crippen molar-refractivity contribution in [2.24, 2.45) is 5.73 Å². The molecule has 0 amide bonds. The molecule has 0 heterocycles. The highest BCUT2D eigenvalue weighted by Crippen LogP contribution is 2.13. The molecule has 0 aromatic heterocycles. The van der Waals surface area contributed by atoms with Crippen molar-refractivity contribution in [3.05, 3.63) is 35.1 Å². The summed E-state index contributed by atoms with van der Waals surface area (Å²) in [5.41, 5.74) is 7.17. The van der Waals surface area contributed by atoms with Gasteiger partial charge >= 0.3 is 0 Å². The Balaban J connectivity index is 2.70. The number of thiocarbonyl (C=S) groups is 1. The number of benzene rings is 1. The monoisotopic (exact) mass is 270 g/mol. The summed E-state index contributed by atoms with van der Waals surface area (Å²) in [4.78, 5) is 2.34. The van der Waals surface area contributed by atoms with Gasteiger partial charge < -0.3 is 10.5 Å². The lowest BCUT2D eigenvalue weighted by Gasteiger charge is -2.18. The normalized spacial score (nSPS) is 10.9. The van der Waals surface area contributed by atoms with Crippen LogP contribution in [0.25, 0.3) is 0 Å². The summed E-state index contributed by atoms with van der Waals surface area (Å²) in [6.07, 6.45) is 0. The molecule has 0 aliphatic heterocycles. The molecule has 0 aliphatic carbocycles. The largest absolute Gasteiger partial charge is 0.389 e. The molecule has 3 nitrogen and oxygen atoms in total. The molecule has 18 heavy (non-hydrogen) atoms. The third-order valence-electron chi connectivity index (χ3n) is 2.59. The Bertz CT molecular complexity index is 412. The number of likely N-dealkylation sites (N-methyl/N-ethyl adjacent to an activating group) is 1. The van der Waals surface area contributed by atoms with Crippen LogP contribution in [-0.2, 0) is 11.3 Å². The number of nitrogens with two attached hydrogens (primary N) is 1. The molecule has 0 saturated heterocycles. The van der Waals surface area contributed by atoms with Crippen LogP contribution < -0.4 is 5.73 Å². The Morgan fingerprint density at radius 2 is 2.22 bits per heavy atom. The number of nitrogens with zero attached hydrogens (tertiary/aromatic N) is 1. The van der Waals surface area contributed by atoms with E-state index in [2.05, 4.69) is 0 Å². The average Bonchev–Trinajstić information content (AvgIpc) is 2.29. The topological polar surface area (TPSA) is 38.5 Å². The second-order valence-electron chi connectivity index (χ2n) is 4.10. The van der Waals surface area contributed by atoms with E-state index in [-0.39, 0.29) is 5.82 Å². The Labute approximate surface area is 113 Å². The summed E-state index contributed by atoms with van der Waals surface area (Å²) in [5.74, 6) is -0.275. The van der Waals surface area contributed by atoms with Crippen molar-refractivity contribution in [3.8, 4) is 0 Å². The Hall–Kier alpha value is -1.04. The van der Waals surface area contributed by atoms with Gasteiger partial charge in [0.25, 0.3) is 0 Å². The summed E-state index contributed by atoms with van der Waals surface area (Å²) in [6.45, 7) is 4.69. The predicted molar refractivity (Wildman–Crippen MR) is 75.1 cm³/mol. The van der Waals surface area contributed by atoms with E-state index in [0.717, 1.165) is 17.7 Å². The zero-order valence-electron chi connectivity index (χ0n) is 10.8. The van der Waals surface area contributed by atoms with E-state index in [1.165, 1.54) is 12.1 Å². The van der Waals surface area contributed by atoms with E-state index in [4.69, 9.17) is 22.7 Å². The van der Waals surface area contributed by atoms with Gasteiger partial charge in [-0.15, -0.1) is 0 Å². The Morgan fingerprint density at radius 1 is 1.50 bits per heavy atom. The minimum Gasteiger partial charge on any atom is -0.389 e. The number of ether oxygens (including phenoxy) is 1. The van der Waals surface area contributed by atoms with Gasteiger partial charge in [0, 0.05) is 25.3 Å². The number of hydrogen-bond donors (Lipinski definition) is 1. The van der Waals surface area contributed by atoms with E-state index in [9.17, 15) is 4.39 Å². The highest BCUT2D eigenvalue weighted by atomic mass is 32.1. The molecule has 5 heteroatoms. The highest BCUT2D eigenvalue weighted by molar-refractivity contribution is 7.80. The first-order valence-corrected chi connectivity index (χ1v) is 6.30. The molecule has 0 radical (unpaired) electrons. The lowest BCUT2D eigenvalue weighted by molar-refractivity contribution is 0.120. The molecule has 0 atom stereocenters. The van der Waals surface area contributed by atoms with Crippen molar-refractivity contribution in [2.45, 2.75) is 13.5 Å². The van der Waals surface area contributed by atoms with Crippen molar-refractivity contribution in [3.63, 3.8) is 0 Å². The van der Waals surface area contributed by atoms with Crippen molar-refractivity contribution in [1.29, 1.82) is 0 Å². The first kappa shape index (κ1) is 15.0. The molecule has 0 fully saturated rings. The lowest BCUT2D eigenvalue weighted by Crippen LogP contribution is -2.24. The summed E-state index contributed by atoms with van der Waals surface area (Å²) in [6, 6.07) is 4.48. The number of rotatable bonds is 7. The molecule has 1 rings (SSSR count). The first-order valence-electron chi connectivity index (χ1n) is 5.89. The van der Waals surface area contributed by atoms with Crippen molar-refractivity contribution in [2.75, 3.05) is 26.8 Å². The molecule has 0 saturated carbocycles. The molecular weight excluding hydrogens is 251 g/mol. The maximum absolute atomic E-state index is 13.2. The second-order valence-corrected chi connectivity index (χ2v) is 4.54. The number of hydrogen-bond acceptors (Lipinski definition) is 3. The van der Waals surface area contributed by atoms with Crippen LogP contribution in [0.15, 0.2) is 18.2 Å². The van der Waals surface area contributed by atoms with Crippen LogP contribution in [0.1, 0.15) is 18.1 Å². The van der Waals surface area contributed by atoms with Crippen LogP contribution in [0.2, 0.25) is 0 Å². The van der Waals surface area contributed by atoms with Crippen LogP contribution >= 0.6 is 12.2 Å².